The van der Waals surface area contributed by atoms with E-state index < -0.39 is 0 Å². The molecule has 1 amide bonds. The van der Waals surface area contributed by atoms with E-state index in [1.807, 2.05) is 32.0 Å². The molecule has 1 N–H and O–H groups in total. The highest BCUT2D eigenvalue weighted by Crippen LogP contribution is 2.47. The summed E-state index contributed by atoms with van der Waals surface area (Å²) in [5, 5.41) is 3.42. The van der Waals surface area contributed by atoms with Crippen molar-refractivity contribution in [1.29, 1.82) is 0 Å². The van der Waals surface area contributed by atoms with Crippen LogP contribution in [0.25, 0.3) is 0 Å². The molecule has 1 aliphatic rings. The molecule has 1 heterocycles. The Morgan fingerprint density at radius 2 is 1.96 bits per heavy atom. The number of nitrogens with one attached hydrogen (secondary N) is 1. The highest BCUT2D eigenvalue weighted by atomic mass is 35.5. The standard InChI is InChI=1S/C19H22ClN3O/c1-11(2)18-21-10-15(20)17(22-18)19(24)23-16(14-9-12(14)3)13-7-5-4-6-8-13/h4-8,10-12,14,16H,9H2,1-3H3,(H,23,24). The first-order valence-electron chi connectivity index (χ1n) is 8.35. The molecule has 1 aliphatic carbocycles. The molecule has 0 aliphatic heterocycles. The van der Waals surface area contributed by atoms with E-state index in [0.717, 1.165) is 12.0 Å². The first kappa shape index (κ1) is 16.9. The van der Waals surface area contributed by atoms with E-state index in [1.165, 1.54) is 6.20 Å². The van der Waals surface area contributed by atoms with Crippen molar-refractivity contribution in [3.8, 4) is 0 Å². The van der Waals surface area contributed by atoms with Gasteiger partial charge in [0, 0.05) is 5.92 Å². The van der Waals surface area contributed by atoms with Gasteiger partial charge in [-0.25, -0.2) is 9.97 Å². The second kappa shape index (κ2) is 6.89. The molecule has 0 bridgehead atoms. The van der Waals surface area contributed by atoms with E-state index in [9.17, 15) is 4.79 Å². The molecule has 1 aromatic heterocycles. The zero-order chi connectivity index (χ0) is 17.3. The van der Waals surface area contributed by atoms with Crippen molar-refractivity contribution in [3.05, 3.63) is 58.6 Å². The lowest BCUT2D eigenvalue weighted by Gasteiger charge is -2.19. The summed E-state index contributed by atoms with van der Waals surface area (Å²) in [6.45, 7) is 6.19. The minimum atomic E-state index is -0.239. The maximum absolute atomic E-state index is 12.8. The molecule has 3 rings (SSSR count). The zero-order valence-electron chi connectivity index (χ0n) is 14.2. The van der Waals surface area contributed by atoms with Crippen molar-refractivity contribution in [3.63, 3.8) is 0 Å². The van der Waals surface area contributed by atoms with Gasteiger partial charge in [0.25, 0.3) is 5.91 Å². The van der Waals surface area contributed by atoms with Crippen LogP contribution in [-0.2, 0) is 0 Å². The Bertz CT molecular complexity index is 733. The van der Waals surface area contributed by atoms with Gasteiger partial charge >= 0.3 is 0 Å². The summed E-state index contributed by atoms with van der Waals surface area (Å²) in [7, 11) is 0. The molecule has 0 spiro atoms. The number of carbonyl (C=O) groups is 1. The summed E-state index contributed by atoms with van der Waals surface area (Å²) < 4.78 is 0. The smallest absolute Gasteiger partial charge is 0.272 e. The van der Waals surface area contributed by atoms with Gasteiger partial charge in [0.1, 0.15) is 11.5 Å². The minimum absolute atomic E-state index is 0.0118. The third-order valence-electron chi connectivity index (χ3n) is 4.54. The lowest BCUT2D eigenvalue weighted by Crippen LogP contribution is -2.31. The largest absolute Gasteiger partial charge is 0.344 e. The molecule has 1 fully saturated rings. The Balaban J connectivity index is 1.85. The average Bonchev–Trinajstić information content (AvgIpc) is 3.29. The highest BCUT2D eigenvalue weighted by molar-refractivity contribution is 6.33. The number of nitrogens with zero attached hydrogens (tertiary/aromatic N) is 2. The number of halogens is 1. The summed E-state index contributed by atoms with van der Waals surface area (Å²) in [5.41, 5.74) is 1.37. The predicted octanol–water partition coefficient (Wildman–Crippen LogP) is 4.38. The van der Waals surface area contributed by atoms with Gasteiger partial charge in [0.05, 0.1) is 17.3 Å². The van der Waals surface area contributed by atoms with Crippen LogP contribution in [0.1, 0.15) is 61.0 Å². The van der Waals surface area contributed by atoms with E-state index in [1.54, 1.807) is 0 Å². The van der Waals surface area contributed by atoms with E-state index in [0.29, 0.717) is 17.7 Å². The Labute approximate surface area is 147 Å². The number of amides is 1. The molecule has 3 atom stereocenters. The number of aromatic nitrogens is 2. The van der Waals surface area contributed by atoms with Gasteiger partial charge in [-0.2, -0.15) is 0 Å². The summed E-state index contributed by atoms with van der Waals surface area (Å²) in [5.74, 6) is 1.60. The van der Waals surface area contributed by atoms with Crippen molar-refractivity contribution in [2.24, 2.45) is 11.8 Å². The van der Waals surface area contributed by atoms with E-state index >= 15 is 0 Å². The molecule has 126 valence electrons. The van der Waals surface area contributed by atoms with Crippen LogP contribution in [0.5, 0.6) is 0 Å². The van der Waals surface area contributed by atoms with Gasteiger partial charge in [0.15, 0.2) is 0 Å². The Kier molecular flexibility index (Phi) is 4.86. The van der Waals surface area contributed by atoms with Crippen LogP contribution in [0, 0.1) is 11.8 Å². The van der Waals surface area contributed by atoms with Crippen molar-refractivity contribution in [2.75, 3.05) is 0 Å². The molecular weight excluding hydrogens is 322 g/mol. The fraction of sp³-hybridized carbons (Fsp3) is 0.421. The minimum Gasteiger partial charge on any atom is -0.344 e. The van der Waals surface area contributed by atoms with Crippen molar-refractivity contribution >= 4 is 17.5 Å². The number of benzene rings is 1. The summed E-state index contributed by atoms with van der Waals surface area (Å²) in [4.78, 5) is 21.3. The number of hydrogen-bond acceptors (Lipinski definition) is 3. The maximum Gasteiger partial charge on any atom is 0.272 e. The van der Waals surface area contributed by atoms with Crippen LogP contribution in [0.15, 0.2) is 36.5 Å². The summed E-state index contributed by atoms with van der Waals surface area (Å²) in [6.07, 6.45) is 2.63. The Hall–Kier alpha value is -1.94. The number of rotatable bonds is 5. The molecule has 1 aromatic carbocycles. The van der Waals surface area contributed by atoms with Crippen molar-refractivity contribution < 1.29 is 4.79 Å². The SMILES string of the molecule is CC(C)c1ncc(Cl)c(C(=O)NC(c2ccccc2)C2CC2C)n1. The molecule has 1 saturated carbocycles. The fourth-order valence-electron chi connectivity index (χ4n) is 2.94. The van der Waals surface area contributed by atoms with Crippen LogP contribution >= 0.6 is 11.6 Å². The van der Waals surface area contributed by atoms with Gasteiger partial charge in [-0.1, -0.05) is 62.7 Å². The topological polar surface area (TPSA) is 54.9 Å². The van der Waals surface area contributed by atoms with Gasteiger partial charge in [0.2, 0.25) is 0 Å². The molecule has 0 radical (unpaired) electrons. The fourth-order valence-corrected chi connectivity index (χ4v) is 3.12. The Morgan fingerprint density at radius 1 is 1.29 bits per heavy atom. The maximum atomic E-state index is 12.8. The van der Waals surface area contributed by atoms with Crippen molar-refractivity contribution in [1.82, 2.24) is 15.3 Å². The predicted molar refractivity (Wildman–Crippen MR) is 95.1 cm³/mol. The van der Waals surface area contributed by atoms with Gasteiger partial charge in [-0.3, -0.25) is 4.79 Å². The number of hydrogen-bond donors (Lipinski definition) is 1. The highest BCUT2D eigenvalue weighted by Gasteiger charge is 2.41. The van der Waals surface area contributed by atoms with Crippen LogP contribution in [0.4, 0.5) is 0 Å². The lowest BCUT2D eigenvalue weighted by atomic mass is 10.0. The first-order valence-corrected chi connectivity index (χ1v) is 8.73. The molecule has 0 saturated heterocycles. The van der Waals surface area contributed by atoms with Crippen LogP contribution in [-0.4, -0.2) is 15.9 Å². The van der Waals surface area contributed by atoms with Crippen molar-refractivity contribution in [2.45, 2.75) is 39.2 Å². The number of carbonyl (C=O) groups excluding carboxylic acids is 1. The van der Waals surface area contributed by atoms with Gasteiger partial charge < -0.3 is 5.32 Å². The molecular formula is C19H22ClN3O. The zero-order valence-corrected chi connectivity index (χ0v) is 14.9. The molecule has 3 unspecified atom stereocenters. The van der Waals surface area contributed by atoms with Crippen LogP contribution in [0.3, 0.4) is 0 Å². The second-order valence-electron chi connectivity index (χ2n) is 6.82. The quantitative estimate of drug-likeness (QED) is 0.876. The molecule has 4 nitrogen and oxygen atoms in total. The summed E-state index contributed by atoms with van der Waals surface area (Å²) in [6, 6.07) is 10.1. The third-order valence-corrected chi connectivity index (χ3v) is 4.82. The first-order chi connectivity index (χ1) is 11.5. The normalized spacial score (nSPS) is 20.7. The van der Waals surface area contributed by atoms with E-state index in [4.69, 9.17) is 11.6 Å². The third kappa shape index (κ3) is 3.59. The second-order valence-corrected chi connectivity index (χ2v) is 7.23. The van der Waals surface area contributed by atoms with Crippen LogP contribution in [0.2, 0.25) is 5.02 Å². The Morgan fingerprint density at radius 3 is 2.54 bits per heavy atom. The van der Waals surface area contributed by atoms with Gasteiger partial charge in [-0.15, -0.1) is 0 Å². The van der Waals surface area contributed by atoms with E-state index in [2.05, 4.69) is 34.3 Å². The lowest BCUT2D eigenvalue weighted by molar-refractivity contribution is 0.0925. The van der Waals surface area contributed by atoms with E-state index in [-0.39, 0.29) is 28.6 Å². The molecule has 24 heavy (non-hydrogen) atoms. The monoisotopic (exact) mass is 343 g/mol. The average molecular weight is 344 g/mol. The van der Waals surface area contributed by atoms with Crippen LogP contribution < -0.4 is 5.32 Å². The molecule has 5 heteroatoms. The molecule has 2 aromatic rings. The summed E-state index contributed by atoms with van der Waals surface area (Å²) >= 11 is 6.16. The van der Waals surface area contributed by atoms with Gasteiger partial charge in [-0.05, 0) is 23.8 Å².